The van der Waals surface area contributed by atoms with Gasteiger partial charge in [-0.1, -0.05) is 0 Å². The number of dihydropyridines is 1. The number of aliphatic imine (C=N–C) groups is 1. The summed E-state index contributed by atoms with van der Waals surface area (Å²) in [6.07, 6.45) is 2.97. The molecule has 1 fully saturated rings. The van der Waals surface area contributed by atoms with E-state index in [1.54, 1.807) is 0 Å². The zero-order chi connectivity index (χ0) is 18.6. The van der Waals surface area contributed by atoms with Crippen LogP contribution in [0.1, 0.15) is 25.5 Å². The molecule has 3 N–H and O–H groups in total. The van der Waals surface area contributed by atoms with Crippen molar-refractivity contribution >= 4 is 11.9 Å². The molecule has 8 heteroatoms. The lowest BCUT2D eigenvalue weighted by molar-refractivity contribution is -0.141. The van der Waals surface area contributed by atoms with E-state index in [2.05, 4.69) is 25.9 Å². The monoisotopic (exact) mass is 367 g/mol. The van der Waals surface area contributed by atoms with Crippen LogP contribution in [0.15, 0.2) is 35.1 Å². The molecule has 5 nitrogen and oxygen atoms in total. The Kier molecular flexibility index (Phi) is 5.80. The molecular weight excluding hydrogens is 343 g/mol. The van der Waals surface area contributed by atoms with E-state index in [1.807, 2.05) is 19.2 Å². The molecule has 2 aliphatic rings. The quantitative estimate of drug-likeness (QED) is 0.749. The van der Waals surface area contributed by atoms with Gasteiger partial charge < -0.3 is 16.0 Å². The predicted octanol–water partition coefficient (Wildman–Crippen LogP) is 2.83. The molecule has 26 heavy (non-hydrogen) atoms. The first-order chi connectivity index (χ1) is 12.4. The summed E-state index contributed by atoms with van der Waals surface area (Å²) < 4.78 is 37.8. The van der Waals surface area contributed by atoms with Crippen LogP contribution in [0.2, 0.25) is 0 Å². The second-order valence-corrected chi connectivity index (χ2v) is 6.82. The number of nitrogens with one attached hydrogen (secondary N) is 3. The van der Waals surface area contributed by atoms with Crippen molar-refractivity contribution in [3.63, 3.8) is 0 Å². The number of hydrogen-bond donors (Lipinski definition) is 3. The molecule has 1 aromatic rings. The van der Waals surface area contributed by atoms with E-state index < -0.39 is 11.9 Å². The molecule has 0 aromatic carbocycles. The van der Waals surface area contributed by atoms with Crippen molar-refractivity contribution in [2.24, 2.45) is 10.9 Å². The molecule has 2 aliphatic heterocycles. The van der Waals surface area contributed by atoms with Crippen LogP contribution in [0, 0.1) is 5.92 Å². The number of aromatic nitrogens is 1. The Labute approximate surface area is 151 Å². The second-order valence-electron chi connectivity index (χ2n) is 6.82. The van der Waals surface area contributed by atoms with Crippen molar-refractivity contribution in [3.8, 4) is 0 Å². The highest BCUT2D eigenvalue weighted by Gasteiger charge is 2.32. The Hall–Kier alpha value is -2.09. The van der Waals surface area contributed by atoms with Gasteiger partial charge in [-0.2, -0.15) is 13.2 Å². The van der Waals surface area contributed by atoms with Gasteiger partial charge in [-0.25, -0.2) is 4.98 Å². The van der Waals surface area contributed by atoms with Gasteiger partial charge in [-0.3, -0.25) is 4.99 Å². The lowest BCUT2D eigenvalue weighted by Gasteiger charge is -2.27. The first-order valence-corrected chi connectivity index (χ1v) is 8.91. The predicted molar refractivity (Wildman–Crippen MR) is 96.3 cm³/mol. The fraction of sp³-hybridized carbons (Fsp3) is 0.556. The molecule has 0 bridgehead atoms. The number of halogens is 3. The van der Waals surface area contributed by atoms with Crippen molar-refractivity contribution in [3.05, 3.63) is 35.8 Å². The average Bonchev–Trinajstić information content (AvgIpc) is 2.63. The molecule has 0 amide bonds. The number of pyridine rings is 1. The summed E-state index contributed by atoms with van der Waals surface area (Å²) in [5, 5.41) is 9.99. The second kappa shape index (κ2) is 8.07. The van der Waals surface area contributed by atoms with Gasteiger partial charge in [0.15, 0.2) is 0 Å². The number of rotatable bonds is 5. The maximum Gasteiger partial charge on any atom is 0.433 e. The highest BCUT2D eigenvalue weighted by molar-refractivity contribution is 5.79. The fourth-order valence-corrected chi connectivity index (χ4v) is 3.12. The van der Waals surface area contributed by atoms with Gasteiger partial charge in [0.05, 0.1) is 29.7 Å². The maximum atomic E-state index is 12.6. The largest absolute Gasteiger partial charge is 0.433 e. The Balaban J connectivity index is 1.59. The zero-order valence-electron chi connectivity index (χ0n) is 14.7. The molecule has 0 radical (unpaired) electrons. The Morgan fingerprint density at radius 1 is 1.23 bits per heavy atom. The van der Waals surface area contributed by atoms with Gasteiger partial charge >= 0.3 is 6.18 Å². The van der Waals surface area contributed by atoms with Crippen LogP contribution in [-0.4, -0.2) is 42.9 Å². The minimum Gasteiger partial charge on any atom is -0.384 e. The summed E-state index contributed by atoms with van der Waals surface area (Å²) in [6, 6.07) is 2.27. The number of hydrogen-bond acceptors (Lipinski definition) is 5. The van der Waals surface area contributed by atoms with Crippen molar-refractivity contribution < 1.29 is 13.2 Å². The van der Waals surface area contributed by atoms with Gasteiger partial charge in [0.25, 0.3) is 0 Å². The number of alkyl halides is 3. The van der Waals surface area contributed by atoms with Crippen LogP contribution < -0.4 is 16.0 Å². The SMILES string of the molecule is CC1N=CC(NCC2CCNCC2)=CC1Nc1ccc(C(F)(F)F)nc1. The van der Waals surface area contributed by atoms with Gasteiger partial charge in [-0.05, 0) is 57.0 Å². The van der Waals surface area contributed by atoms with E-state index in [4.69, 9.17) is 0 Å². The molecule has 2 atom stereocenters. The van der Waals surface area contributed by atoms with Crippen molar-refractivity contribution in [1.29, 1.82) is 0 Å². The average molecular weight is 367 g/mol. The van der Waals surface area contributed by atoms with E-state index in [0.29, 0.717) is 11.6 Å². The standard InChI is InChI=1S/C18H24F3N5/c1-12-16(26-14-2-3-17(25-10-14)18(19,20)21)8-15(11-23-12)24-9-13-4-6-22-7-5-13/h2-3,8,10-13,16,22,24,26H,4-7,9H2,1H3. The van der Waals surface area contributed by atoms with E-state index in [-0.39, 0.29) is 12.1 Å². The number of anilines is 1. The van der Waals surface area contributed by atoms with E-state index >= 15 is 0 Å². The van der Waals surface area contributed by atoms with Crippen LogP contribution in [0.5, 0.6) is 0 Å². The summed E-state index contributed by atoms with van der Waals surface area (Å²) >= 11 is 0. The lowest BCUT2D eigenvalue weighted by atomic mass is 9.98. The molecule has 1 saturated heterocycles. The molecule has 3 heterocycles. The summed E-state index contributed by atoms with van der Waals surface area (Å²) in [4.78, 5) is 7.97. The third-order valence-electron chi connectivity index (χ3n) is 4.77. The first-order valence-electron chi connectivity index (χ1n) is 8.91. The zero-order valence-corrected chi connectivity index (χ0v) is 14.7. The van der Waals surface area contributed by atoms with Crippen LogP contribution >= 0.6 is 0 Å². The third kappa shape index (κ3) is 4.97. The molecular formula is C18H24F3N5. The van der Waals surface area contributed by atoms with Crippen LogP contribution in [-0.2, 0) is 6.18 Å². The minimum absolute atomic E-state index is 0.0123. The summed E-state index contributed by atoms with van der Waals surface area (Å²) in [5.74, 6) is 0.649. The normalized spacial score (nSPS) is 24.2. The first kappa shape index (κ1) is 18.7. The van der Waals surface area contributed by atoms with Gasteiger partial charge in [0, 0.05) is 12.8 Å². The number of allylic oxidation sites excluding steroid dienone is 1. The number of nitrogens with zero attached hydrogens (tertiary/aromatic N) is 2. The number of piperidine rings is 1. The van der Waals surface area contributed by atoms with Gasteiger partial charge in [0.2, 0.25) is 0 Å². The molecule has 1 aromatic heterocycles. The van der Waals surface area contributed by atoms with E-state index in [9.17, 15) is 13.2 Å². The fourth-order valence-electron chi connectivity index (χ4n) is 3.12. The van der Waals surface area contributed by atoms with E-state index in [0.717, 1.165) is 44.2 Å². The van der Waals surface area contributed by atoms with Crippen molar-refractivity contribution in [2.75, 3.05) is 25.0 Å². The maximum absolute atomic E-state index is 12.6. The summed E-state index contributed by atoms with van der Waals surface area (Å²) in [5.41, 5.74) is 0.595. The van der Waals surface area contributed by atoms with Crippen molar-refractivity contribution in [1.82, 2.24) is 15.6 Å². The highest BCUT2D eigenvalue weighted by atomic mass is 19.4. The molecule has 0 aliphatic carbocycles. The topological polar surface area (TPSA) is 61.3 Å². The van der Waals surface area contributed by atoms with Gasteiger partial charge in [0.1, 0.15) is 5.69 Å². The molecule has 0 spiro atoms. The van der Waals surface area contributed by atoms with Gasteiger partial charge in [-0.15, -0.1) is 0 Å². The highest BCUT2D eigenvalue weighted by Crippen LogP contribution is 2.28. The Morgan fingerprint density at radius 2 is 2.00 bits per heavy atom. The van der Waals surface area contributed by atoms with Crippen LogP contribution in [0.3, 0.4) is 0 Å². The molecule has 142 valence electrons. The van der Waals surface area contributed by atoms with Crippen molar-refractivity contribution in [2.45, 2.75) is 38.0 Å². The summed E-state index contributed by atoms with van der Waals surface area (Å²) in [6.45, 7) is 4.98. The van der Waals surface area contributed by atoms with Crippen LogP contribution in [0.25, 0.3) is 0 Å². The Bertz CT molecular complexity index is 648. The van der Waals surface area contributed by atoms with Crippen LogP contribution in [0.4, 0.5) is 18.9 Å². The Morgan fingerprint density at radius 3 is 2.65 bits per heavy atom. The third-order valence-corrected chi connectivity index (χ3v) is 4.77. The summed E-state index contributed by atoms with van der Waals surface area (Å²) in [7, 11) is 0. The minimum atomic E-state index is -4.42. The van der Waals surface area contributed by atoms with E-state index in [1.165, 1.54) is 12.3 Å². The molecule has 2 unspecified atom stereocenters. The molecule has 0 saturated carbocycles. The molecule has 3 rings (SSSR count). The smallest absolute Gasteiger partial charge is 0.384 e. The lowest BCUT2D eigenvalue weighted by Crippen LogP contribution is -2.36.